The zero-order valence-corrected chi connectivity index (χ0v) is 12.6. The third-order valence-corrected chi connectivity index (χ3v) is 5.02. The number of carboxylic acid groups (broad SMARTS) is 1. The van der Waals surface area contributed by atoms with Crippen LogP contribution in [0.1, 0.15) is 35.2 Å². The minimum Gasteiger partial charge on any atom is -0.477 e. The number of nitro groups is 1. The van der Waals surface area contributed by atoms with Gasteiger partial charge >= 0.3 is 5.97 Å². The lowest BCUT2D eigenvalue weighted by atomic mass is 10.0. The Morgan fingerprint density at radius 3 is 2.90 bits per heavy atom. The van der Waals surface area contributed by atoms with E-state index in [4.69, 9.17) is 0 Å². The van der Waals surface area contributed by atoms with Gasteiger partial charge in [-0.3, -0.25) is 10.1 Å². The largest absolute Gasteiger partial charge is 0.477 e. The van der Waals surface area contributed by atoms with Crippen molar-refractivity contribution in [1.82, 2.24) is 5.32 Å². The maximum atomic E-state index is 11.3. The lowest BCUT2D eigenvalue weighted by Crippen LogP contribution is -2.33. The van der Waals surface area contributed by atoms with Crippen molar-refractivity contribution in [1.29, 1.82) is 0 Å². The van der Waals surface area contributed by atoms with E-state index >= 15 is 0 Å². The SMILES string of the molecule is CSC1CCCC1NCc1cccc([N+](=O)[O-])c1C(=O)O. The Balaban J connectivity index is 2.18. The van der Waals surface area contributed by atoms with Gasteiger partial charge in [-0.2, -0.15) is 11.8 Å². The summed E-state index contributed by atoms with van der Waals surface area (Å²) in [5.41, 5.74) is -0.105. The van der Waals surface area contributed by atoms with Crippen LogP contribution in [-0.4, -0.2) is 33.5 Å². The van der Waals surface area contributed by atoms with Crippen molar-refractivity contribution in [2.24, 2.45) is 0 Å². The van der Waals surface area contributed by atoms with Crippen LogP contribution < -0.4 is 5.32 Å². The highest BCUT2D eigenvalue weighted by Gasteiger charge is 2.28. The van der Waals surface area contributed by atoms with Gasteiger partial charge in [0.1, 0.15) is 5.56 Å². The molecule has 0 aliphatic heterocycles. The number of nitrogens with one attached hydrogen (secondary N) is 1. The predicted octanol–water partition coefficient (Wildman–Crippen LogP) is 2.67. The predicted molar refractivity (Wildman–Crippen MR) is 81.8 cm³/mol. The van der Waals surface area contributed by atoms with E-state index in [1.54, 1.807) is 6.07 Å². The van der Waals surface area contributed by atoms with Gasteiger partial charge in [0, 0.05) is 23.9 Å². The molecule has 2 unspecified atom stereocenters. The first kappa shape index (κ1) is 15.8. The third-order valence-electron chi connectivity index (χ3n) is 3.85. The second-order valence-electron chi connectivity index (χ2n) is 5.07. The van der Waals surface area contributed by atoms with Crippen LogP contribution in [0, 0.1) is 10.1 Å². The highest BCUT2D eigenvalue weighted by Crippen LogP contribution is 2.29. The lowest BCUT2D eigenvalue weighted by molar-refractivity contribution is -0.385. The molecular formula is C14H18N2O4S. The summed E-state index contributed by atoms with van der Waals surface area (Å²) in [7, 11) is 0. The van der Waals surface area contributed by atoms with Crippen molar-refractivity contribution in [3.8, 4) is 0 Å². The number of benzene rings is 1. The smallest absolute Gasteiger partial charge is 0.343 e. The summed E-state index contributed by atoms with van der Waals surface area (Å²) in [6.07, 6.45) is 5.44. The molecule has 0 radical (unpaired) electrons. The Morgan fingerprint density at radius 1 is 1.52 bits per heavy atom. The first-order valence-electron chi connectivity index (χ1n) is 6.80. The second kappa shape index (κ2) is 6.91. The summed E-state index contributed by atoms with van der Waals surface area (Å²) in [5, 5.41) is 24.1. The number of rotatable bonds is 6. The molecule has 6 nitrogen and oxygen atoms in total. The van der Waals surface area contributed by atoms with Crippen LogP contribution in [0.3, 0.4) is 0 Å². The number of hydrogen-bond donors (Lipinski definition) is 2. The van der Waals surface area contributed by atoms with E-state index < -0.39 is 10.9 Å². The van der Waals surface area contributed by atoms with Gasteiger partial charge in [-0.05, 0) is 24.7 Å². The maximum Gasteiger partial charge on any atom is 0.343 e. The van der Waals surface area contributed by atoms with Crippen LogP contribution in [0.5, 0.6) is 0 Å². The Bertz CT molecular complexity index is 550. The molecule has 1 saturated carbocycles. The summed E-state index contributed by atoms with van der Waals surface area (Å²) in [6, 6.07) is 4.73. The quantitative estimate of drug-likeness (QED) is 0.620. The fourth-order valence-corrected chi connectivity index (χ4v) is 3.78. The molecule has 0 heterocycles. The fraction of sp³-hybridized carbons (Fsp3) is 0.500. The monoisotopic (exact) mass is 310 g/mol. The summed E-state index contributed by atoms with van der Waals surface area (Å²) >= 11 is 1.81. The van der Waals surface area contributed by atoms with Crippen LogP contribution in [0.4, 0.5) is 5.69 Å². The van der Waals surface area contributed by atoms with E-state index in [9.17, 15) is 20.0 Å². The number of hydrogen-bond acceptors (Lipinski definition) is 5. The first-order chi connectivity index (χ1) is 10.0. The van der Waals surface area contributed by atoms with Gasteiger partial charge in [0.05, 0.1) is 4.92 Å². The fourth-order valence-electron chi connectivity index (χ4n) is 2.82. The van der Waals surface area contributed by atoms with Crippen LogP contribution >= 0.6 is 11.8 Å². The number of carboxylic acids is 1. The van der Waals surface area contributed by atoms with Crippen LogP contribution in [-0.2, 0) is 6.54 Å². The van der Waals surface area contributed by atoms with Crippen molar-refractivity contribution in [2.45, 2.75) is 37.1 Å². The molecular weight excluding hydrogens is 292 g/mol. The molecule has 0 aromatic heterocycles. The maximum absolute atomic E-state index is 11.3. The van der Waals surface area contributed by atoms with E-state index in [1.165, 1.54) is 12.1 Å². The van der Waals surface area contributed by atoms with Crippen molar-refractivity contribution in [2.75, 3.05) is 6.26 Å². The average Bonchev–Trinajstić information content (AvgIpc) is 2.91. The summed E-state index contributed by atoms with van der Waals surface area (Å²) in [6.45, 7) is 0.338. The molecule has 2 atom stereocenters. The third kappa shape index (κ3) is 3.54. The van der Waals surface area contributed by atoms with Gasteiger partial charge in [0.2, 0.25) is 0 Å². The van der Waals surface area contributed by atoms with E-state index in [1.807, 2.05) is 11.8 Å². The Hall–Kier alpha value is -1.60. The molecule has 0 amide bonds. The minimum atomic E-state index is -1.26. The Labute approximate surface area is 127 Å². The summed E-state index contributed by atoms with van der Waals surface area (Å²) in [4.78, 5) is 21.6. The molecule has 114 valence electrons. The lowest BCUT2D eigenvalue weighted by Gasteiger charge is -2.19. The second-order valence-corrected chi connectivity index (χ2v) is 6.14. The zero-order valence-electron chi connectivity index (χ0n) is 11.7. The zero-order chi connectivity index (χ0) is 15.4. The van der Waals surface area contributed by atoms with Gasteiger partial charge in [0.25, 0.3) is 5.69 Å². The van der Waals surface area contributed by atoms with Crippen molar-refractivity contribution in [3.05, 3.63) is 39.4 Å². The number of nitro benzene ring substituents is 1. The number of nitrogens with zero attached hydrogens (tertiary/aromatic N) is 1. The Kier molecular flexibility index (Phi) is 5.19. The van der Waals surface area contributed by atoms with E-state index in [2.05, 4.69) is 11.6 Å². The number of carbonyl (C=O) groups is 1. The van der Waals surface area contributed by atoms with Crippen LogP contribution in [0.25, 0.3) is 0 Å². The highest BCUT2D eigenvalue weighted by atomic mass is 32.2. The van der Waals surface area contributed by atoms with E-state index in [0.717, 1.165) is 19.3 Å². The molecule has 1 fully saturated rings. The molecule has 7 heteroatoms. The molecule has 1 aliphatic carbocycles. The van der Waals surface area contributed by atoms with Crippen molar-refractivity contribution >= 4 is 23.4 Å². The molecule has 0 saturated heterocycles. The number of thioether (sulfide) groups is 1. The van der Waals surface area contributed by atoms with Gasteiger partial charge in [-0.15, -0.1) is 0 Å². The first-order valence-corrected chi connectivity index (χ1v) is 8.09. The molecule has 1 aromatic carbocycles. The van der Waals surface area contributed by atoms with E-state index in [-0.39, 0.29) is 11.3 Å². The molecule has 2 rings (SSSR count). The normalized spacial score (nSPS) is 21.4. The number of aromatic carboxylic acids is 1. The van der Waals surface area contributed by atoms with Crippen LogP contribution in [0.2, 0.25) is 0 Å². The van der Waals surface area contributed by atoms with Gasteiger partial charge in [-0.25, -0.2) is 4.79 Å². The molecule has 1 aromatic rings. The van der Waals surface area contributed by atoms with E-state index in [0.29, 0.717) is 23.4 Å². The van der Waals surface area contributed by atoms with Gasteiger partial charge < -0.3 is 10.4 Å². The van der Waals surface area contributed by atoms with Gasteiger partial charge in [0.15, 0.2) is 0 Å². The average molecular weight is 310 g/mol. The molecule has 2 N–H and O–H groups in total. The van der Waals surface area contributed by atoms with Crippen molar-refractivity contribution in [3.63, 3.8) is 0 Å². The topological polar surface area (TPSA) is 92.5 Å². The Morgan fingerprint density at radius 2 is 2.29 bits per heavy atom. The summed E-state index contributed by atoms with van der Waals surface area (Å²) < 4.78 is 0. The van der Waals surface area contributed by atoms with Gasteiger partial charge in [-0.1, -0.05) is 18.6 Å². The standard InChI is InChI=1S/C14H18N2O4S/c1-21-12-7-3-5-10(12)15-8-9-4-2-6-11(16(19)20)13(9)14(17)18/h2,4,6,10,12,15H,3,5,7-8H2,1H3,(H,17,18). The minimum absolute atomic E-state index is 0.214. The highest BCUT2D eigenvalue weighted by molar-refractivity contribution is 7.99. The van der Waals surface area contributed by atoms with Crippen LogP contribution in [0.15, 0.2) is 18.2 Å². The summed E-state index contributed by atoms with van der Waals surface area (Å²) in [5.74, 6) is -1.26. The molecule has 0 spiro atoms. The molecule has 0 bridgehead atoms. The molecule has 21 heavy (non-hydrogen) atoms. The molecule has 1 aliphatic rings. The van der Waals surface area contributed by atoms with Crippen molar-refractivity contribution < 1.29 is 14.8 Å².